The number of nitrogens with zero attached hydrogens (tertiary/aromatic N) is 1. The van der Waals surface area contributed by atoms with Crippen LogP contribution in [0.15, 0.2) is 45.9 Å². The number of halogens is 1. The molecule has 2 heterocycles. The Kier molecular flexibility index (Phi) is 5.46. The average molecular weight is 387 g/mol. The van der Waals surface area contributed by atoms with Gasteiger partial charge in [0.1, 0.15) is 11.3 Å². The SMILES string of the molecule is Cc1c(C)c2cc(Cl)c(O[C@H](C)C(=O)NCc3ccncc3)cc2oc1=O. The Morgan fingerprint density at radius 2 is 1.96 bits per heavy atom. The smallest absolute Gasteiger partial charge is 0.339 e. The summed E-state index contributed by atoms with van der Waals surface area (Å²) in [5, 5.41) is 3.87. The molecule has 2 aromatic heterocycles. The first kappa shape index (κ1) is 18.9. The molecular formula is C20H19ClN2O4. The van der Waals surface area contributed by atoms with Crippen molar-refractivity contribution in [3.05, 3.63) is 68.8 Å². The first-order valence-corrected chi connectivity index (χ1v) is 8.81. The Morgan fingerprint density at radius 1 is 1.26 bits per heavy atom. The third kappa shape index (κ3) is 4.11. The highest BCUT2D eigenvalue weighted by Crippen LogP contribution is 2.32. The summed E-state index contributed by atoms with van der Waals surface area (Å²) in [6.45, 7) is 5.53. The Morgan fingerprint density at radius 3 is 2.67 bits per heavy atom. The Balaban J connectivity index is 1.77. The second-order valence-electron chi connectivity index (χ2n) is 6.25. The van der Waals surface area contributed by atoms with Crippen LogP contribution in [0.5, 0.6) is 5.75 Å². The lowest BCUT2D eigenvalue weighted by atomic mass is 10.1. The molecule has 0 aliphatic heterocycles. The van der Waals surface area contributed by atoms with Gasteiger partial charge in [0.2, 0.25) is 0 Å². The highest BCUT2D eigenvalue weighted by atomic mass is 35.5. The molecule has 0 aliphatic carbocycles. The number of nitrogens with one attached hydrogen (secondary N) is 1. The lowest BCUT2D eigenvalue weighted by Crippen LogP contribution is -2.35. The summed E-state index contributed by atoms with van der Waals surface area (Å²) in [7, 11) is 0. The monoisotopic (exact) mass is 386 g/mol. The van der Waals surface area contributed by atoms with Gasteiger partial charge in [-0.25, -0.2) is 4.79 Å². The minimum Gasteiger partial charge on any atom is -0.479 e. The average Bonchev–Trinajstić information content (AvgIpc) is 2.66. The lowest BCUT2D eigenvalue weighted by molar-refractivity contribution is -0.127. The predicted octanol–water partition coefficient (Wildman–Crippen LogP) is 3.54. The molecule has 0 fully saturated rings. The lowest BCUT2D eigenvalue weighted by Gasteiger charge is -2.16. The van der Waals surface area contributed by atoms with Crippen LogP contribution in [-0.4, -0.2) is 17.0 Å². The molecule has 27 heavy (non-hydrogen) atoms. The summed E-state index contributed by atoms with van der Waals surface area (Å²) in [6.07, 6.45) is 2.54. The number of pyridine rings is 1. The van der Waals surface area contributed by atoms with Gasteiger partial charge in [0.05, 0.1) is 5.02 Å². The number of fused-ring (bicyclic) bond motifs is 1. The maximum atomic E-state index is 12.3. The predicted molar refractivity (Wildman–Crippen MR) is 103 cm³/mol. The van der Waals surface area contributed by atoms with Crippen LogP contribution in [0, 0.1) is 13.8 Å². The van der Waals surface area contributed by atoms with E-state index in [1.54, 1.807) is 32.3 Å². The van der Waals surface area contributed by atoms with Crippen molar-refractivity contribution in [1.29, 1.82) is 0 Å². The third-order valence-corrected chi connectivity index (χ3v) is 4.69. The fraction of sp³-hybridized carbons (Fsp3) is 0.250. The van der Waals surface area contributed by atoms with E-state index in [1.165, 1.54) is 6.07 Å². The Hall–Kier alpha value is -2.86. The zero-order valence-corrected chi connectivity index (χ0v) is 16.0. The molecule has 6 nitrogen and oxygen atoms in total. The number of hydrogen-bond donors (Lipinski definition) is 1. The molecule has 1 atom stereocenters. The number of amides is 1. The second-order valence-corrected chi connectivity index (χ2v) is 6.66. The summed E-state index contributed by atoms with van der Waals surface area (Å²) in [5.41, 5.74) is 2.24. The van der Waals surface area contributed by atoms with Crippen LogP contribution in [0.25, 0.3) is 11.0 Å². The Labute approximate surface area is 161 Å². The number of hydrogen-bond acceptors (Lipinski definition) is 5. The van der Waals surface area contributed by atoms with Gasteiger partial charge in [-0.3, -0.25) is 9.78 Å². The molecule has 0 saturated carbocycles. The van der Waals surface area contributed by atoms with Crippen molar-refractivity contribution in [2.24, 2.45) is 0 Å². The molecule has 0 spiro atoms. The van der Waals surface area contributed by atoms with Gasteiger partial charge in [-0.1, -0.05) is 11.6 Å². The van der Waals surface area contributed by atoms with Gasteiger partial charge in [-0.05, 0) is 50.1 Å². The normalized spacial score (nSPS) is 12.0. The van der Waals surface area contributed by atoms with Crippen molar-refractivity contribution in [1.82, 2.24) is 10.3 Å². The molecule has 0 saturated heterocycles. The number of aromatic nitrogens is 1. The van der Waals surface area contributed by atoms with Gasteiger partial charge < -0.3 is 14.5 Å². The zero-order chi connectivity index (χ0) is 19.6. The van der Waals surface area contributed by atoms with Gasteiger partial charge in [-0.15, -0.1) is 0 Å². The number of carbonyl (C=O) groups is 1. The van der Waals surface area contributed by atoms with Crippen molar-refractivity contribution in [3.8, 4) is 5.75 Å². The minimum atomic E-state index is -0.778. The number of benzene rings is 1. The van der Waals surface area contributed by atoms with Gasteiger partial charge in [0.25, 0.3) is 5.91 Å². The molecule has 1 amide bonds. The van der Waals surface area contributed by atoms with E-state index >= 15 is 0 Å². The second kappa shape index (κ2) is 7.80. The molecule has 3 rings (SSSR count). The van der Waals surface area contributed by atoms with Crippen LogP contribution in [0.1, 0.15) is 23.6 Å². The first-order chi connectivity index (χ1) is 12.9. The molecule has 0 radical (unpaired) electrons. The highest BCUT2D eigenvalue weighted by molar-refractivity contribution is 6.32. The number of carbonyl (C=O) groups excluding carboxylic acids is 1. The molecule has 0 bridgehead atoms. The fourth-order valence-electron chi connectivity index (χ4n) is 2.61. The van der Waals surface area contributed by atoms with E-state index in [-0.39, 0.29) is 11.7 Å². The van der Waals surface area contributed by atoms with E-state index in [9.17, 15) is 9.59 Å². The van der Waals surface area contributed by atoms with Gasteiger partial charge >= 0.3 is 5.63 Å². The van der Waals surface area contributed by atoms with Crippen LogP contribution in [0.3, 0.4) is 0 Å². The van der Waals surface area contributed by atoms with E-state index in [4.69, 9.17) is 20.8 Å². The van der Waals surface area contributed by atoms with E-state index in [0.717, 1.165) is 16.5 Å². The van der Waals surface area contributed by atoms with E-state index < -0.39 is 11.7 Å². The van der Waals surface area contributed by atoms with Crippen LogP contribution in [0.4, 0.5) is 0 Å². The quantitative estimate of drug-likeness (QED) is 0.678. The van der Waals surface area contributed by atoms with Crippen molar-refractivity contribution in [3.63, 3.8) is 0 Å². The van der Waals surface area contributed by atoms with Crippen molar-refractivity contribution in [2.45, 2.75) is 33.4 Å². The van der Waals surface area contributed by atoms with Crippen LogP contribution >= 0.6 is 11.6 Å². The van der Waals surface area contributed by atoms with Gasteiger partial charge in [-0.2, -0.15) is 0 Å². The molecule has 0 unspecified atom stereocenters. The van der Waals surface area contributed by atoms with Crippen molar-refractivity contribution >= 4 is 28.5 Å². The number of ether oxygens (including phenoxy) is 1. The summed E-state index contributed by atoms with van der Waals surface area (Å²) in [4.78, 5) is 28.1. The van der Waals surface area contributed by atoms with Crippen LogP contribution < -0.4 is 15.7 Å². The minimum absolute atomic E-state index is 0.280. The van der Waals surface area contributed by atoms with E-state index in [0.29, 0.717) is 22.7 Å². The maximum Gasteiger partial charge on any atom is 0.339 e. The van der Waals surface area contributed by atoms with E-state index in [2.05, 4.69) is 10.3 Å². The first-order valence-electron chi connectivity index (χ1n) is 8.43. The van der Waals surface area contributed by atoms with Crippen LogP contribution in [-0.2, 0) is 11.3 Å². The van der Waals surface area contributed by atoms with Crippen LogP contribution in [0.2, 0.25) is 5.02 Å². The molecular weight excluding hydrogens is 368 g/mol. The van der Waals surface area contributed by atoms with Crippen molar-refractivity contribution in [2.75, 3.05) is 0 Å². The van der Waals surface area contributed by atoms with E-state index in [1.807, 2.05) is 19.1 Å². The number of aryl methyl sites for hydroxylation is 1. The molecule has 3 aromatic rings. The standard InChI is InChI=1S/C20H19ClN2O4/c1-11-12(2)20(25)27-17-9-18(16(21)8-15(11)17)26-13(3)19(24)23-10-14-4-6-22-7-5-14/h4-9,13H,10H2,1-3H3,(H,23,24)/t13-/m1/s1. The molecule has 0 aliphatic rings. The van der Waals surface area contributed by atoms with Gasteiger partial charge in [0.15, 0.2) is 6.10 Å². The molecule has 1 N–H and O–H groups in total. The molecule has 7 heteroatoms. The maximum absolute atomic E-state index is 12.3. The Bertz CT molecular complexity index is 1050. The summed E-state index contributed by atoms with van der Waals surface area (Å²) in [5.74, 6) is -0.00774. The fourth-order valence-corrected chi connectivity index (χ4v) is 2.82. The zero-order valence-electron chi connectivity index (χ0n) is 15.2. The summed E-state index contributed by atoms with van der Waals surface area (Å²) < 4.78 is 11.0. The highest BCUT2D eigenvalue weighted by Gasteiger charge is 2.18. The summed E-state index contributed by atoms with van der Waals surface area (Å²) >= 11 is 6.31. The topological polar surface area (TPSA) is 81.4 Å². The largest absolute Gasteiger partial charge is 0.479 e. The molecule has 1 aromatic carbocycles. The van der Waals surface area contributed by atoms with Gasteiger partial charge in [0, 0.05) is 36.0 Å². The molecule has 140 valence electrons. The number of rotatable bonds is 5. The van der Waals surface area contributed by atoms with Crippen molar-refractivity contribution < 1.29 is 13.9 Å². The summed E-state index contributed by atoms with van der Waals surface area (Å²) in [6, 6.07) is 6.86. The third-order valence-electron chi connectivity index (χ3n) is 4.40.